The number of para-hydroxylation sites is 1. The lowest BCUT2D eigenvalue weighted by atomic mass is 10.2. The van der Waals surface area contributed by atoms with Crippen LogP contribution in [-0.4, -0.2) is 45.1 Å². The second-order valence-electron chi connectivity index (χ2n) is 6.74. The summed E-state index contributed by atoms with van der Waals surface area (Å²) in [6, 6.07) is 11.5. The zero-order valence-electron chi connectivity index (χ0n) is 14.3. The summed E-state index contributed by atoms with van der Waals surface area (Å²) in [5.74, 6) is -0.405. The minimum absolute atomic E-state index is 0.0882. The first kappa shape index (κ1) is 16.5. The Morgan fingerprint density at radius 2 is 1.81 bits per heavy atom. The molecule has 0 bridgehead atoms. The Hall–Kier alpha value is -2.96. The minimum atomic E-state index is -0.456. The molecule has 1 atom stereocenters. The van der Waals surface area contributed by atoms with E-state index in [2.05, 4.69) is 10.4 Å². The fraction of sp³-hybridized carbons (Fsp3) is 0.368. The van der Waals surface area contributed by atoms with E-state index in [1.54, 1.807) is 29.2 Å². The molecule has 1 aliphatic carbocycles. The third-order valence-electron chi connectivity index (χ3n) is 4.76. The van der Waals surface area contributed by atoms with Gasteiger partial charge in [-0.25, -0.2) is 0 Å². The number of hydrogen-bond donors (Lipinski definition) is 1. The van der Waals surface area contributed by atoms with E-state index in [9.17, 15) is 14.4 Å². The number of nitrogens with one attached hydrogen (secondary N) is 1. The summed E-state index contributed by atoms with van der Waals surface area (Å²) in [4.78, 5) is 39.0. The zero-order valence-corrected chi connectivity index (χ0v) is 14.3. The fourth-order valence-electron chi connectivity index (χ4n) is 3.23. The van der Waals surface area contributed by atoms with Gasteiger partial charge in [-0.3, -0.25) is 14.4 Å². The number of hydrogen-bond acceptors (Lipinski definition) is 4. The number of benzene rings is 1. The largest absolute Gasteiger partial charge is 0.352 e. The molecule has 0 spiro atoms. The Bertz CT molecular complexity index is 889. The molecule has 2 aliphatic rings. The highest BCUT2D eigenvalue weighted by Gasteiger charge is 2.37. The number of likely N-dealkylation sites (tertiary alicyclic amines) is 1. The van der Waals surface area contributed by atoms with Gasteiger partial charge < -0.3 is 10.2 Å². The molecule has 2 aromatic rings. The van der Waals surface area contributed by atoms with Gasteiger partial charge in [-0.2, -0.15) is 9.78 Å². The van der Waals surface area contributed by atoms with Crippen molar-refractivity contribution in [3.8, 4) is 5.69 Å². The monoisotopic (exact) mass is 352 g/mol. The number of aromatic nitrogens is 2. The summed E-state index contributed by atoms with van der Waals surface area (Å²) in [6.07, 6.45) is 3.46. The van der Waals surface area contributed by atoms with Gasteiger partial charge in [0, 0.05) is 18.7 Å². The smallest absolute Gasteiger partial charge is 0.274 e. The van der Waals surface area contributed by atoms with Crippen molar-refractivity contribution in [2.45, 2.75) is 37.8 Å². The number of rotatable bonds is 4. The average Bonchev–Trinajstić information content (AvgIpc) is 3.33. The van der Waals surface area contributed by atoms with Crippen molar-refractivity contribution >= 4 is 11.8 Å². The van der Waals surface area contributed by atoms with Crippen molar-refractivity contribution in [3.05, 3.63) is 58.5 Å². The molecule has 26 heavy (non-hydrogen) atoms. The molecule has 1 saturated carbocycles. The second kappa shape index (κ2) is 6.74. The fourth-order valence-corrected chi connectivity index (χ4v) is 3.23. The lowest BCUT2D eigenvalue weighted by Crippen LogP contribution is -2.47. The maximum Gasteiger partial charge on any atom is 0.274 e. The lowest BCUT2D eigenvalue weighted by molar-refractivity contribution is -0.125. The molecule has 1 saturated heterocycles. The van der Waals surface area contributed by atoms with E-state index in [1.807, 2.05) is 6.07 Å². The van der Waals surface area contributed by atoms with Gasteiger partial charge in [-0.05, 0) is 43.9 Å². The van der Waals surface area contributed by atoms with Crippen LogP contribution in [-0.2, 0) is 4.79 Å². The molecule has 4 rings (SSSR count). The molecule has 7 nitrogen and oxygen atoms in total. The van der Waals surface area contributed by atoms with E-state index in [0.29, 0.717) is 18.7 Å². The van der Waals surface area contributed by atoms with Crippen LogP contribution in [0, 0.1) is 0 Å². The van der Waals surface area contributed by atoms with Crippen LogP contribution in [0.25, 0.3) is 5.69 Å². The van der Waals surface area contributed by atoms with Crippen LogP contribution in [0.3, 0.4) is 0 Å². The number of carbonyl (C=O) groups excluding carboxylic acids is 2. The first-order valence-corrected chi connectivity index (χ1v) is 8.90. The lowest BCUT2D eigenvalue weighted by Gasteiger charge is -2.23. The summed E-state index contributed by atoms with van der Waals surface area (Å²) in [6.45, 7) is 0.522. The topological polar surface area (TPSA) is 84.3 Å². The van der Waals surface area contributed by atoms with E-state index in [1.165, 1.54) is 16.8 Å². The van der Waals surface area contributed by atoms with Crippen LogP contribution >= 0.6 is 0 Å². The number of nitrogens with zero attached hydrogens (tertiary/aromatic N) is 3. The molecule has 134 valence electrons. The van der Waals surface area contributed by atoms with Gasteiger partial charge in [0.1, 0.15) is 11.7 Å². The van der Waals surface area contributed by atoms with Crippen LogP contribution in [0.4, 0.5) is 0 Å². The van der Waals surface area contributed by atoms with Gasteiger partial charge in [-0.1, -0.05) is 18.2 Å². The Labute approximate surface area is 150 Å². The number of amides is 2. The first-order chi connectivity index (χ1) is 12.6. The van der Waals surface area contributed by atoms with E-state index in [4.69, 9.17) is 0 Å². The van der Waals surface area contributed by atoms with Gasteiger partial charge in [-0.15, -0.1) is 0 Å². The summed E-state index contributed by atoms with van der Waals surface area (Å²) in [7, 11) is 0. The molecule has 2 heterocycles. The van der Waals surface area contributed by atoms with Gasteiger partial charge in [0.25, 0.3) is 11.5 Å². The Balaban J connectivity index is 1.59. The average molecular weight is 352 g/mol. The van der Waals surface area contributed by atoms with Crippen molar-refractivity contribution in [1.82, 2.24) is 20.0 Å². The molecular weight excluding hydrogens is 332 g/mol. The van der Waals surface area contributed by atoms with E-state index in [-0.39, 0.29) is 29.1 Å². The zero-order chi connectivity index (χ0) is 18.1. The standard InChI is InChI=1S/C19H20N4O3/c24-17-11-10-15(21-23(17)14-5-2-1-3-6-14)19(26)22-12-4-7-16(22)18(25)20-13-8-9-13/h1-3,5-6,10-11,13,16H,4,7-9,12H2,(H,20,25). The summed E-state index contributed by atoms with van der Waals surface area (Å²) in [5.41, 5.74) is 0.452. The third kappa shape index (κ3) is 3.24. The molecule has 0 radical (unpaired) electrons. The van der Waals surface area contributed by atoms with Crippen molar-refractivity contribution in [2.75, 3.05) is 6.54 Å². The molecule has 1 N–H and O–H groups in total. The molecule has 1 aliphatic heterocycles. The maximum atomic E-state index is 12.9. The summed E-state index contributed by atoms with van der Waals surface area (Å²) in [5, 5.41) is 7.21. The minimum Gasteiger partial charge on any atom is -0.352 e. The third-order valence-corrected chi connectivity index (χ3v) is 4.76. The van der Waals surface area contributed by atoms with Gasteiger partial charge in [0.2, 0.25) is 5.91 Å². The van der Waals surface area contributed by atoms with Gasteiger partial charge in [0.15, 0.2) is 0 Å². The Morgan fingerprint density at radius 3 is 2.54 bits per heavy atom. The van der Waals surface area contributed by atoms with Crippen molar-refractivity contribution in [3.63, 3.8) is 0 Å². The van der Waals surface area contributed by atoms with Crippen molar-refractivity contribution in [2.24, 2.45) is 0 Å². The Morgan fingerprint density at radius 1 is 1.04 bits per heavy atom. The predicted octanol–water partition coefficient (Wildman–Crippen LogP) is 1.12. The molecule has 7 heteroatoms. The van der Waals surface area contributed by atoms with Crippen molar-refractivity contribution < 1.29 is 9.59 Å². The quantitative estimate of drug-likeness (QED) is 0.894. The molecule has 1 aromatic carbocycles. The maximum absolute atomic E-state index is 12.9. The highest BCUT2D eigenvalue weighted by molar-refractivity contribution is 5.96. The summed E-state index contributed by atoms with van der Waals surface area (Å²) < 4.78 is 1.21. The van der Waals surface area contributed by atoms with Gasteiger partial charge in [0.05, 0.1) is 5.69 Å². The summed E-state index contributed by atoms with van der Waals surface area (Å²) >= 11 is 0. The highest BCUT2D eigenvalue weighted by Crippen LogP contribution is 2.23. The molecule has 2 amide bonds. The highest BCUT2D eigenvalue weighted by atomic mass is 16.2. The van der Waals surface area contributed by atoms with Crippen LogP contribution in [0.5, 0.6) is 0 Å². The van der Waals surface area contributed by atoms with Gasteiger partial charge >= 0.3 is 0 Å². The first-order valence-electron chi connectivity index (χ1n) is 8.90. The Kier molecular flexibility index (Phi) is 4.28. The van der Waals surface area contributed by atoms with Crippen LogP contribution in [0.15, 0.2) is 47.3 Å². The molecule has 1 unspecified atom stereocenters. The van der Waals surface area contributed by atoms with E-state index >= 15 is 0 Å². The van der Waals surface area contributed by atoms with E-state index < -0.39 is 6.04 Å². The van der Waals surface area contributed by atoms with Crippen molar-refractivity contribution in [1.29, 1.82) is 0 Å². The molecule has 2 fully saturated rings. The van der Waals surface area contributed by atoms with Crippen LogP contribution in [0.1, 0.15) is 36.2 Å². The van der Waals surface area contributed by atoms with E-state index in [0.717, 1.165) is 19.3 Å². The normalized spacial score (nSPS) is 19.4. The van der Waals surface area contributed by atoms with Crippen LogP contribution < -0.4 is 10.9 Å². The predicted molar refractivity (Wildman–Crippen MR) is 95.1 cm³/mol. The molecular formula is C19H20N4O3. The van der Waals surface area contributed by atoms with Crippen LogP contribution in [0.2, 0.25) is 0 Å². The molecule has 1 aromatic heterocycles. The second-order valence-corrected chi connectivity index (χ2v) is 6.74. The SMILES string of the molecule is O=C(NC1CC1)C1CCCN1C(=O)c1ccc(=O)n(-c2ccccc2)n1. The number of carbonyl (C=O) groups is 2.